The summed E-state index contributed by atoms with van der Waals surface area (Å²) in [5.41, 5.74) is 1.48. The number of hydrogen-bond acceptors (Lipinski definition) is 4. The van der Waals surface area contributed by atoms with Crippen LogP contribution in [-0.2, 0) is 0 Å². The molecule has 1 amide bonds. The first-order chi connectivity index (χ1) is 10.8. The van der Waals surface area contributed by atoms with Gasteiger partial charge < -0.3 is 10.4 Å². The molecule has 0 saturated heterocycles. The Kier molecular flexibility index (Phi) is 4.48. The Morgan fingerprint density at radius 2 is 2.05 bits per heavy atom. The minimum atomic E-state index is -0.0875. The van der Waals surface area contributed by atoms with Gasteiger partial charge in [0.05, 0.1) is 5.69 Å². The summed E-state index contributed by atoms with van der Waals surface area (Å²) in [7, 11) is 0. The molecule has 2 atom stereocenters. The number of carbonyl (C=O) groups excluding carboxylic acids is 1. The fraction of sp³-hybridized carbons (Fsp3) is 0.438. The van der Waals surface area contributed by atoms with Gasteiger partial charge in [-0.05, 0) is 37.1 Å². The fourth-order valence-electron chi connectivity index (χ4n) is 2.98. The van der Waals surface area contributed by atoms with Gasteiger partial charge in [-0.3, -0.25) is 4.79 Å². The maximum atomic E-state index is 12.3. The molecule has 0 aliphatic heterocycles. The summed E-state index contributed by atoms with van der Waals surface area (Å²) in [4.78, 5) is 16.2. The molecule has 0 radical (unpaired) electrons. The van der Waals surface area contributed by atoms with Crippen molar-refractivity contribution in [2.24, 2.45) is 5.92 Å². The van der Waals surface area contributed by atoms with E-state index in [0.717, 1.165) is 31.4 Å². The van der Waals surface area contributed by atoms with Crippen LogP contribution < -0.4 is 5.32 Å². The van der Waals surface area contributed by atoms with Crippen molar-refractivity contribution in [3.8, 4) is 5.69 Å². The van der Waals surface area contributed by atoms with Crippen molar-refractivity contribution in [2.45, 2.75) is 31.7 Å². The molecule has 0 spiro atoms. The van der Waals surface area contributed by atoms with Crippen LogP contribution in [0, 0.1) is 5.92 Å². The molecule has 1 saturated carbocycles. The molecule has 2 N–H and O–H groups in total. The third-order valence-corrected chi connectivity index (χ3v) is 4.27. The van der Waals surface area contributed by atoms with Crippen LogP contribution in [0.2, 0.25) is 0 Å². The number of benzene rings is 1. The molecule has 0 bridgehead atoms. The second-order valence-electron chi connectivity index (χ2n) is 5.69. The van der Waals surface area contributed by atoms with Gasteiger partial charge in [-0.25, -0.2) is 9.67 Å². The fourth-order valence-corrected chi connectivity index (χ4v) is 2.98. The zero-order valence-electron chi connectivity index (χ0n) is 12.4. The van der Waals surface area contributed by atoms with Crippen LogP contribution in [0.4, 0.5) is 0 Å². The average Bonchev–Trinajstić information content (AvgIpc) is 3.10. The molecule has 1 heterocycles. The van der Waals surface area contributed by atoms with E-state index in [-0.39, 0.29) is 24.5 Å². The van der Waals surface area contributed by atoms with Gasteiger partial charge in [-0.2, -0.15) is 5.10 Å². The number of aliphatic hydroxyl groups excluding tert-OH is 1. The van der Waals surface area contributed by atoms with Crippen molar-refractivity contribution >= 4 is 5.91 Å². The lowest BCUT2D eigenvalue weighted by atomic mass is 9.85. The predicted octanol–water partition coefficient (Wildman–Crippen LogP) is 1.55. The van der Waals surface area contributed by atoms with E-state index in [4.69, 9.17) is 0 Å². The molecule has 1 aliphatic carbocycles. The first-order valence-electron chi connectivity index (χ1n) is 7.64. The largest absolute Gasteiger partial charge is 0.396 e. The summed E-state index contributed by atoms with van der Waals surface area (Å²) >= 11 is 0. The van der Waals surface area contributed by atoms with E-state index >= 15 is 0 Å². The highest BCUT2D eigenvalue weighted by atomic mass is 16.3. The highest BCUT2D eigenvalue weighted by Gasteiger charge is 2.26. The summed E-state index contributed by atoms with van der Waals surface area (Å²) in [5.74, 6) is 0.0858. The second-order valence-corrected chi connectivity index (χ2v) is 5.69. The van der Waals surface area contributed by atoms with E-state index < -0.39 is 0 Å². The predicted molar refractivity (Wildman–Crippen MR) is 81.7 cm³/mol. The Morgan fingerprint density at radius 1 is 1.27 bits per heavy atom. The third kappa shape index (κ3) is 3.17. The lowest BCUT2D eigenvalue weighted by molar-refractivity contribution is 0.0872. The number of hydrogen-bond donors (Lipinski definition) is 2. The highest BCUT2D eigenvalue weighted by Crippen LogP contribution is 2.24. The average molecular weight is 300 g/mol. The SMILES string of the molecule is O=C(NC1CCCCC1CO)c1ccc(-n2cncn2)cc1. The van der Waals surface area contributed by atoms with Crippen molar-refractivity contribution in [3.63, 3.8) is 0 Å². The van der Waals surface area contributed by atoms with E-state index in [1.54, 1.807) is 23.1 Å². The Hall–Kier alpha value is -2.21. The third-order valence-electron chi connectivity index (χ3n) is 4.27. The van der Waals surface area contributed by atoms with Crippen molar-refractivity contribution in [2.75, 3.05) is 6.61 Å². The van der Waals surface area contributed by atoms with Crippen LogP contribution in [-0.4, -0.2) is 38.4 Å². The molecular weight excluding hydrogens is 280 g/mol. The minimum absolute atomic E-state index is 0.0706. The molecule has 1 aromatic carbocycles. The molecule has 2 aromatic rings. The Bertz CT molecular complexity index is 610. The van der Waals surface area contributed by atoms with Crippen LogP contribution >= 0.6 is 0 Å². The van der Waals surface area contributed by atoms with Gasteiger partial charge in [0.2, 0.25) is 0 Å². The van der Waals surface area contributed by atoms with Crippen LogP contribution in [0.25, 0.3) is 5.69 Å². The Labute approximate surface area is 129 Å². The molecule has 1 fully saturated rings. The smallest absolute Gasteiger partial charge is 0.251 e. The van der Waals surface area contributed by atoms with Crippen molar-refractivity contribution < 1.29 is 9.90 Å². The second kappa shape index (κ2) is 6.70. The number of nitrogens with zero attached hydrogens (tertiary/aromatic N) is 3. The first-order valence-corrected chi connectivity index (χ1v) is 7.64. The highest BCUT2D eigenvalue weighted by molar-refractivity contribution is 5.94. The summed E-state index contributed by atoms with van der Waals surface area (Å²) in [5, 5.41) is 16.5. The van der Waals surface area contributed by atoms with Crippen LogP contribution in [0.1, 0.15) is 36.0 Å². The normalized spacial score (nSPS) is 21.5. The first kappa shape index (κ1) is 14.7. The Morgan fingerprint density at radius 3 is 2.73 bits per heavy atom. The van der Waals surface area contributed by atoms with Gasteiger partial charge >= 0.3 is 0 Å². The van der Waals surface area contributed by atoms with Crippen LogP contribution in [0.3, 0.4) is 0 Å². The zero-order valence-corrected chi connectivity index (χ0v) is 12.4. The maximum Gasteiger partial charge on any atom is 0.251 e. The van der Waals surface area contributed by atoms with E-state index in [2.05, 4.69) is 15.4 Å². The maximum absolute atomic E-state index is 12.3. The van der Waals surface area contributed by atoms with E-state index in [9.17, 15) is 9.90 Å². The van der Waals surface area contributed by atoms with E-state index in [0.29, 0.717) is 5.56 Å². The molecule has 6 nitrogen and oxygen atoms in total. The zero-order chi connectivity index (χ0) is 15.4. The van der Waals surface area contributed by atoms with Crippen LogP contribution in [0.5, 0.6) is 0 Å². The van der Waals surface area contributed by atoms with E-state index in [1.807, 2.05) is 12.1 Å². The summed E-state index contributed by atoms with van der Waals surface area (Å²) in [6, 6.07) is 7.31. The number of aromatic nitrogens is 3. The summed E-state index contributed by atoms with van der Waals surface area (Å²) < 4.78 is 1.64. The Balaban J connectivity index is 1.67. The summed E-state index contributed by atoms with van der Waals surface area (Å²) in [6.45, 7) is 0.135. The molecule has 1 aliphatic rings. The van der Waals surface area contributed by atoms with Crippen molar-refractivity contribution in [3.05, 3.63) is 42.5 Å². The molecule has 22 heavy (non-hydrogen) atoms. The molecule has 2 unspecified atom stereocenters. The number of amides is 1. The van der Waals surface area contributed by atoms with Crippen LogP contribution in [0.15, 0.2) is 36.9 Å². The standard InChI is InChI=1S/C16H20N4O2/c21-9-13-3-1-2-4-15(13)19-16(22)12-5-7-14(8-6-12)20-11-17-10-18-20/h5-8,10-11,13,15,21H,1-4,9H2,(H,19,22). The van der Waals surface area contributed by atoms with Gasteiger partial charge in [0.15, 0.2) is 0 Å². The van der Waals surface area contributed by atoms with Gasteiger partial charge in [0, 0.05) is 24.1 Å². The summed E-state index contributed by atoms with van der Waals surface area (Å²) in [6.07, 6.45) is 7.24. The van der Waals surface area contributed by atoms with Gasteiger partial charge in [-0.1, -0.05) is 12.8 Å². The van der Waals surface area contributed by atoms with Gasteiger partial charge in [0.25, 0.3) is 5.91 Å². The molecule has 6 heteroatoms. The van der Waals surface area contributed by atoms with Gasteiger partial charge in [0.1, 0.15) is 12.7 Å². The molecule has 116 valence electrons. The molecular formula is C16H20N4O2. The number of aliphatic hydroxyl groups is 1. The molecule has 1 aromatic heterocycles. The lowest BCUT2D eigenvalue weighted by Crippen LogP contribution is -2.43. The van der Waals surface area contributed by atoms with Crippen molar-refractivity contribution in [1.82, 2.24) is 20.1 Å². The van der Waals surface area contributed by atoms with E-state index in [1.165, 1.54) is 6.33 Å². The topological polar surface area (TPSA) is 80.0 Å². The van der Waals surface area contributed by atoms with Crippen molar-refractivity contribution in [1.29, 1.82) is 0 Å². The lowest BCUT2D eigenvalue weighted by Gasteiger charge is -2.30. The minimum Gasteiger partial charge on any atom is -0.396 e. The number of rotatable bonds is 4. The monoisotopic (exact) mass is 300 g/mol. The number of nitrogens with one attached hydrogen (secondary N) is 1. The van der Waals surface area contributed by atoms with Gasteiger partial charge in [-0.15, -0.1) is 0 Å². The quantitative estimate of drug-likeness (QED) is 0.898. The number of carbonyl (C=O) groups is 1. The molecule has 3 rings (SSSR count).